The number of nitrogen functional groups attached to an aromatic ring is 1. The standard InChI is InChI=1S/C12H14N4/c1-6-7(2)16-12-10(6)8-3-4-14-11(13)9(8)5-15-12/h3-7H,1-2H3,(H2,13,14)(H,15,16)/t6-,7+/m1/s1. The van der Waals surface area contributed by atoms with Crippen molar-refractivity contribution in [3.8, 4) is 0 Å². The summed E-state index contributed by atoms with van der Waals surface area (Å²) in [7, 11) is 0. The monoisotopic (exact) mass is 214 g/mol. The first-order chi connectivity index (χ1) is 7.68. The van der Waals surface area contributed by atoms with Gasteiger partial charge in [0.2, 0.25) is 0 Å². The van der Waals surface area contributed by atoms with Gasteiger partial charge < -0.3 is 11.1 Å². The van der Waals surface area contributed by atoms with Crippen molar-refractivity contribution < 1.29 is 0 Å². The molecule has 1 aliphatic rings. The number of aromatic nitrogens is 2. The Morgan fingerprint density at radius 2 is 2.06 bits per heavy atom. The highest BCUT2D eigenvalue weighted by atomic mass is 15.0. The molecule has 3 rings (SSSR count). The minimum Gasteiger partial charge on any atom is -0.383 e. The quantitative estimate of drug-likeness (QED) is 0.705. The lowest BCUT2D eigenvalue weighted by Crippen LogP contribution is -2.13. The van der Waals surface area contributed by atoms with Gasteiger partial charge in [-0.1, -0.05) is 6.92 Å². The number of nitrogens with two attached hydrogens (primary N) is 1. The van der Waals surface area contributed by atoms with E-state index in [0.717, 1.165) is 11.2 Å². The Morgan fingerprint density at radius 1 is 1.25 bits per heavy atom. The van der Waals surface area contributed by atoms with E-state index in [1.54, 1.807) is 12.4 Å². The molecule has 3 N–H and O–H groups in total. The van der Waals surface area contributed by atoms with E-state index in [1.807, 2.05) is 6.07 Å². The van der Waals surface area contributed by atoms with Crippen molar-refractivity contribution in [3.05, 3.63) is 24.0 Å². The second kappa shape index (κ2) is 3.07. The molecule has 0 spiro atoms. The summed E-state index contributed by atoms with van der Waals surface area (Å²) in [6.07, 6.45) is 3.56. The number of nitrogens with zero attached hydrogens (tertiary/aromatic N) is 2. The molecule has 0 saturated carbocycles. The molecule has 82 valence electrons. The van der Waals surface area contributed by atoms with Gasteiger partial charge >= 0.3 is 0 Å². The van der Waals surface area contributed by atoms with Crippen LogP contribution in [0.1, 0.15) is 25.3 Å². The lowest BCUT2D eigenvalue weighted by atomic mass is 9.95. The fraction of sp³-hybridized carbons (Fsp3) is 0.333. The largest absolute Gasteiger partial charge is 0.383 e. The van der Waals surface area contributed by atoms with Crippen molar-refractivity contribution >= 4 is 22.4 Å². The van der Waals surface area contributed by atoms with Crippen molar-refractivity contribution in [2.45, 2.75) is 25.8 Å². The van der Waals surface area contributed by atoms with E-state index >= 15 is 0 Å². The molecule has 0 radical (unpaired) electrons. The van der Waals surface area contributed by atoms with Crippen LogP contribution >= 0.6 is 0 Å². The molecule has 3 heterocycles. The van der Waals surface area contributed by atoms with Crippen LogP contribution in [0.3, 0.4) is 0 Å². The minimum atomic E-state index is 0.419. The van der Waals surface area contributed by atoms with Gasteiger partial charge in [0, 0.05) is 35.3 Å². The third-order valence-electron chi connectivity index (χ3n) is 3.46. The molecule has 1 aliphatic heterocycles. The van der Waals surface area contributed by atoms with E-state index in [4.69, 9.17) is 5.73 Å². The van der Waals surface area contributed by atoms with Crippen LogP contribution in [0, 0.1) is 0 Å². The highest BCUT2D eigenvalue weighted by Crippen LogP contribution is 2.39. The Morgan fingerprint density at radius 3 is 2.88 bits per heavy atom. The average molecular weight is 214 g/mol. The van der Waals surface area contributed by atoms with E-state index in [1.165, 1.54) is 10.9 Å². The Bertz CT molecular complexity index is 564. The van der Waals surface area contributed by atoms with Crippen LogP contribution in [0.25, 0.3) is 10.8 Å². The molecule has 0 amide bonds. The number of pyridine rings is 2. The molecule has 2 atom stereocenters. The molecule has 4 heteroatoms. The van der Waals surface area contributed by atoms with Crippen LogP contribution in [-0.4, -0.2) is 16.0 Å². The van der Waals surface area contributed by atoms with Gasteiger partial charge in [-0.15, -0.1) is 0 Å². The first kappa shape index (κ1) is 9.39. The molecule has 0 bridgehead atoms. The summed E-state index contributed by atoms with van der Waals surface area (Å²) in [5.41, 5.74) is 7.12. The van der Waals surface area contributed by atoms with Gasteiger partial charge in [0.25, 0.3) is 0 Å². The number of fused-ring (bicyclic) bond motifs is 3. The highest BCUT2D eigenvalue weighted by molar-refractivity contribution is 5.95. The van der Waals surface area contributed by atoms with E-state index in [9.17, 15) is 0 Å². The van der Waals surface area contributed by atoms with Crippen molar-refractivity contribution in [2.24, 2.45) is 0 Å². The first-order valence-corrected chi connectivity index (χ1v) is 5.48. The molecule has 2 aromatic heterocycles. The lowest BCUT2D eigenvalue weighted by Gasteiger charge is -2.10. The van der Waals surface area contributed by atoms with Gasteiger partial charge in [0.15, 0.2) is 0 Å². The predicted molar refractivity (Wildman–Crippen MR) is 65.5 cm³/mol. The summed E-state index contributed by atoms with van der Waals surface area (Å²) in [6.45, 7) is 4.38. The Labute approximate surface area is 93.9 Å². The second-order valence-electron chi connectivity index (χ2n) is 4.40. The zero-order chi connectivity index (χ0) is 11.3. The summed E-state index contributed by atoms with van der Waals surface area (Å²) < 4.78 is 0. The molecule has 0 aliphatic carbocycles. The molecule has 0 aromatic carbocycles. The molecule has 0 fully saturated rings. The Balaban J connectivity index is 2.38. The predicted octanol–water partition coefficient (Wildman–Crippen LogP) is 2.13. The summed E-state index contributed by atoms with van der Waals surface area (Å²) in [6, 6.07) is 2.44. The molecule has 16 heavy (non-hydrogen) atoms. The molecule has 0 unspecified atom stereocenters. The smallest absolute Gasteiger partial charge is 0.132 e. The molecular weight excluding hydrogens is 200 g/mol. The number of nitrogens with one attached hydrogen (secondary N) is 1. The third-order valence-corrected chi connectivity index (χ3v) is 3.46. The molecule has 4 nitrogen and oxygen atoms in total. The van der Waals surface area contributed by atoms with Gasteiger partial charge in [-0.25, -0.2) is 9.97 Å². The van der Waals surface area contributed by atoms with E-state index < -0.39 is 0 Å². The maximum absolute atomic E-state index is 5.86. The van der Waals surface area contributed by atoms with Crippen LogP contribution in [0.4, 0.5) is 11.6 Å². The van der Waals surface area contributed by atoms with Crippen LogP contribution in [0.15, 0.2) is 18.5 Å². The normalized spacial score (nSPS) is 23.1. The molecular formula is C12H14N4. The topological polar surface area (TPSA) is 63.8 Å². The van der Waals surface area contributed by atoms with E-state index in [-0.39, 0.29) is 0 Å². The maximum atomic E-state index is 5.86. The zero-order valence-electron chi connectivity index (χ0n) is 9.36. The van der Waals surface area contributed by atoms with E-state index in [2.05, 4.69) is 29.1 Å². The van der Waals surface area contributed by atoms with Gasteiger partial charge in [-0.3, -0.25) is 0 Å². The molecule has 2 aromatic rings. The van der Waals surface area contributed by atoms with Gasteiger partial charge in [-0.05, 0) is 18.4 Å². The van der Waals surface area contributed by atoms with Crippen molar-refractivity contribution in [1.29, 1.82) is 0 Å². The Hall–Kier alpha value is -1.84. The summed E-state index contributed by atoms with van der Waals surface area (Å²) in [4.78, 5) is 8.51. The maximum Gasteiger partial charge on any atom is 0.132 e. The van der Waals surface area contributed by atoms with Gasteiger partial charge in [0.1, 0.15) is 11.6 Å². The number of rotatable bonds is 0. The summed E-state index contributed by atoms with van der Waals surface area (Å²) in [5, 5.41) is 5.50. The van der Waals surface area contributed by atoms with Crippen LogP contribution in [0.2, 0.25) is 0 Å². The fourth-order valence-electron chi connectivity index (χ4n) is 2.35. The molecule has 0 saturated heterocycles. The fourth-order valence-corrected chi connectivity index (χ4v) is 2.35. The van der Waals surface area contributed by atoms with Gasteiger partial charge in [0.05, 0.1) is 0 Å². The summed E-state index contributed by atoms with van der Waals surface area (Å²) >= 11 is 0. The SMILES string of the molecule is C[C@@H]1Nc2ncc3c(N)nccc3c2[C@@H]1C. The minimum absolute atomic E-state index is 0.419. The zero-order valence-corrected chi connectivity index (χ0v) is 9.36. The lowest BCUT2D eigenvalue weighted by molar-refractivity contribution is 0.693. The highest BCUT2D eigenvalue weighted by Gasteiger charge is 2.28. The van der Waals surface area contributed by atoms with Crippen molar-refractivity contribution in [2.75, 3.05) is 11.1 Å². The number of anilines is 2. The number of hydrogen-bond acceptors (Lipinski definition) is 4. The third kappa shape index (κ3) is 1.10. The second-order valence-corrected chi connectivity index (χ2v) is 4.40. The van der Waals surface area contributed by atoms with Crippen LogP contribution < -0.4 is 11.1 Å². The van der Waals surface area contributed by atoms with Crippen LogP contribution in [-0.2, 0) is 0 Å². The Kier molecular flexibility index (Phi) is 1.80. The van der Waals surface area contributed by atoms with E-state index in [0.29, 0.717) is 17.8 Å². The number of hydrogen-bond donors (Lipinski definition) is 2. The van der Waals surface area contributed by atoms with Crippen molar-refractivity contribution in [3.63, 3.8) is 0 Å². The first-order valence-electron chi connectivity index (χ1n) is 5.48. The van der Waals surface area contributed by atoms with Crippen LogP contribution in [0.5, 0.6) is 0 Å². The van der Waals surface area contributed by atoms with Crippen molar-refractivity contribution in [1.82, 2.24) is 9.97 Å². The summed E-state index contributed by atoms with van der Waals surface area (Å²) in [5.74, 6) is 1.99. The average Bonchev–Trinajstić information content (AvgIpc) is 2.56. The van der Waals surface area contributed by atoms with Gasteiger partial charge in [-0.2, -0.15) is 0 Å².